The normalized spacial score (nSPS) is 11.3. The van der Waals surface area contributed by atoms with Gasteiger partial charge in [-0.25, -0.2) is 8.42 Å². The average Bonchev–Trinajstić information content (AvgIpc) is 2.64. The number of hydrogen-bond acceptors (Lipinski definition) is 4. The highest BCUT2D eigenvalue weighted by Gasteiger charge is 2.20. The van der Waals surface area contributed by atoms with E-state index < -0.39 is 10.0 Å². The van der Waals surface area contributed by atoms with Crippen molar-refractivity contribution in [1.82, 2.24) is 5.32 Å². The summed E-state index contributed by atoms with van der Waals surface area (Å²) in [5.41, 5.74) is 2.59. The van der Waals surface area contributed by atoms with Crippen LogP contribution in [0.3, 0.4) is 0 Å². The first kappa shape index (κ1) is 21.8. The van der Waals surface area contributed by atoms with Gasteiger partial charge in [0.2, 0.25) is 15.9 Å². The zero-order valence-corrected chi connectivity index (χ0v) is 17.6. The highest BCUT2D eigenvalue weighted by atomic mass is 32.2. The molecule has 0 heterocycles. The first-order valence-electron chi connectivity index (χ1n) is 9.21. The standard InChI is InChI=1S/C21H28N2O4S/c1-16(2)18-9-11-19(12-10-18)23(28(4,25)26)15-21(24)22-13-14-27-20-8-6-5-7-17(20)3/h5-12,16H,13-15H2,1-4H3,(H,22,24). The minimum absolute atomic E-state index is 0.274. The van der Waals surface area contributed by atoms with E-state index in [1.54, 1.807) is 12.1 Å². The molecule has 1 amide bonds. The summed E-state index contributed by atoms with van der Waals surface area (Å²) < 4.78 is 31.1. The van der Waals surface area contributed by atoms with Crippen LogP contribution in [0.5, 0.6) is 5.75 Å². The van der Waals surface area contributed by atoms with Gasteiger partial charge in [0.25, 0.3) is 0 Å². The van der Waals surface area contributed by atoms with Gasteiger partial charge in [-0.3, -0.25) is 9.10 Å². The van der Waals surface area contributed by atoms with Crippen LogP contribution in [0.25, 0.3) is 0 Å². The van der Waals surface area contributed by atoms with Crippen LogP contribution in [-0.2, 0) is 14.8 Å². The van der Waals surface area contributed by atoms with Gasteiger partial charge >= 0.3 is 0 Å². The molecular weight excluding hydrogens is 376 g/mol. The first-order chi connectivity index (χ1) is 13.2. The molecule has 0 atom stereocenters. The van der Waals surface area contributed by atoms with Gasteiger partial charge in [-0.2, -0.15) is 0 Å². The number of carbonyl (C=O) groups excluding carboxylic acids is 1. The van der Waals surface area contributed by atoms with Crippen LogP contribution >= 0.6 is 0 Å². The zero-order valence-electron chi connectivity index (χ0n) is 16.8. The fourth-order valence-electron chi connectivity index (χ4n) is 2.68. The molecule has 1 N–H and O–H groups in total. The molecule has 2 aromatic rings. The van der Waals surface area contributed by atoms with Crippen LogP contribution in [0.1, 0.15) is 30.9 Å². The third kappa shape index (κ3) is 6.27. The molecule has 0 saturated heterocycles. The molecule has 0 aliphatic carbocycles. The van der Waals surface area contributed by atoms with E-state index in [1.165, 1.54) is 0 Å². The Balaban J connectivity index is 1.93. The van der Waals surface area contributed by atoms with Gasteiger partial charge in [-0.05, 0) is 42.2 Å². The van der Waals surface area contributed by atoms with Gasteiger partial charge < -0.3 is 10.1 Å². The summed E-state index contributed by atoms with van der Waals surface area (Å²) in [6.45, 7) is 6.40. The lowest BCUT2D eigenvalue weighted by atomic mass is 10.0. The largest absolute Gasteiger partial charge is 0.491 e. The Labute approximate surface area is 167 Å². The molecule has 0 bridgehead atoms. The molecule has 2 rings (SSSR count). The Bertz CT molecular complexity index is 893. The van der Waals surface area contributed by atoms with Crippen molar-refractivity contribution in [2.75, 3.05) is 30.3 Å². The van der Waals surface area contributed by atoms with Crippen LogP contribution < -0.4 is 14.4 Å². The van der Waals surface area contributed by atoms with E-state index in [0.717, 1.165) is 27.4 Å². The van der Waals surface area contributed by atoms with Gasteiger partial charge in [0.15, 0.2) is 0 Å². The minimum atomic E-state index is -3.58. The van der Waals surface area contributed by atoms with Crippen LogP contribution in [0, 0.1) is 6.92 Å². The Morgan fingerprint density at radius 3 is 2.32 bits per heavy atom. The topological polar surface area (TPSA) is 75.7 Å². The van der Waals surface area contributed by atoms with E-state index >= 15 is 0 Å². The monoisotopic (exact) mass is 404 g/mol. The molecule has 6 nitrogen and oxygen atoms in total. The lowest BCUT2D eigenvalue weighted by molar-refractivity contribution is -0.119. The number of ether oxygens (including phenoxy) is 1. The number of sulfonamides is 1. The van der Waals surface area contributed by atoms with E-state index in [1.807, 2.05) is 43.3 Å². The van der Waals surface area contributed by atoms with Crippen molar-refractivity contribution < 1.29 is 17.9 Å². The lowest BCUT2D eigenvalue weighted by Crippen LogP contribution is -2.41. The summed E-state index contributed by atoms with van der Waals surface area (Å²) in [6.07, 6.45) is 1.10. The second-order valence-electron chi connectivity index (χ2n) is 6.98. The zero-order chi connectivity index (χ0) is 20.7. The van der Waals surface area contributed by atoms with Crippen LogP contribution in [0.4, 0.5) is 5.69 Å². The minimum Gasteiger partial charge on any atom is -0.491 e. The van der Waals surface area contributed by atoms with Gasteiger partial charge in [-0.1, -0.05) is 44.2 Å². The molecule has 0 fully saturated rings. The fourth-order valence-corrected chi connectivity index (χ4v) is 3.54. The molecule has 152 valence electrons. The Morgan fingerprint density at radius 2 is 1.75 bits per heavy atom. The maximum atomic E-state index is 12.3. The number of amides is 1. The molecule has 28 heavy (non-hydrogen) atoms. The quantitative estimate of drug-likeness (QED) is 0.652. The summed E-state index contributed by atoms with van der Waals surface area (Å²) >= 11 is 0. The SMILES string of the molecule is Cc1ccccc1OCCNC(=O)CN(c1ccc(C(C)C)cc1)S(C)(=O)=O. The average molecular weight is 405 g/mol. The third-order valence-corrected chi connectivity index (χ3v) is 5.45. The molecule has 0 aliphatic heterocycles. The molecule has 0 aromatic heterocycles. The first-order valence-corrected chi connectivity index (χ1v) is 11.1. The summed E-state index contributed by atoms with van der Waals surface area (Å²) in [7, 11) is -3.58. The highest BCUT2D eigenvalue weighted by Crippen LogP contribution is 2.21. The number of nitrogens with zero attached hydrogens (tertiary/aromatic N) is 1. The summed E-state index contributed by atoms with van der Waals surface area (Å²) in [6, 6.07) is 14.8. The lowest BCUT2D eigenvalue weighted by Gasteiger charge is -2.22. The number of aryl methyl sites for hydroxylation is 1. The van der Waals surface area contributed by atoms with Crippen molar-refractivity contribution in [3.05, 3.63) is 59.7 Å². The number of nitrogens with one attached hydrogen (secondary N) is 1. The highest BCUT2D eigenvalue weighted by molar-refractivity contribution is 7.92. The second kappa shape index (κ2) is 9.59. The van der Waals surface area contributed by atoms with Gasteiger partial charge in [0.05, 0.1) is 18.5 Å². The summed E-state index contributed by atoms with van der Waals surface area (Å²) in [4.78, 5) is 12.3. The predicted molar refractivity (Wildman–Crippen MR) is 112 cm³/mol. The molecule has 0 radical (unpaired) electrons. The van der Waals surface area contributed by atoms with Gasteiger partial charge in [0, 0.05) is 0 Å². The Kier molecular flexibility index (Phi) is 7.45. The molecule has 7 heteroatoms. The van der Waals surface area contributed by atoms with E-state index in [2.05, 4.69) is 19.2 Å². The predicted octanol–water partition coefficient (Wildman–Crippen LogP) is 3.08. The number of hydrogen-bond donors (Lipinski definition) is 1. The van der Waals surface area contributed by atoms with Gasteiger partial charge in [0.1, 0.15) is 18.9 Å². The van der Waals surface area contributed by atoms with Crippen molar-refractivity contribution in [3.8, 4) is 5.75 Å². The van der Waals surface area contributed by atoms with E-state index in [4.69, 9.17) is 4.74 Å². The van der Waals surface area contributed by atoms with E-state index in [0.29, 0.717) is 18.2 Å². The number of rotatable bonds is 9. The van der Waals surface area contributed by atoms with Crippen LogP contribution in [0.2, 0.25) is 0 Å². The Morgan fingerprint density at radius 1 is 1.11 bits per heavy atom. The van der Waals surface area contributed by atoms with Crippen molar-refractivity contribution in [1.29, 1.82) is 0 Å². The smallest absolute Gasteiger partial charge is 0.240 e. The van der Waals surface area contributed by atoms with Crippen LogP contribution in [0.15, 0.2) is 48.5 Å². The van der Waals surface area contributed by atoms with E-state index in [-0.39, 0.29) is 19.0 Å². The number of para-hydroxylation sites is 1. The van der Waals surface area contributed by atoms with Gasteiger partial charge in [-0.15, -0.1) is 0 Å². The van der Waals surface area contributed by atoms with E-state index in [9.17, 15) is 13.2 Å². The fraction of sp³-hybridized carbons (Fsp3) is 0.381. The number of anilines is 1. The third-order valence-electron chi connectivity index (χ3n) is 4.31. The molecule has 0 aliphatic rings. The maximum Gasteiger partial charge on any atom is 0.240 e. The molecule has 2 aromatic carbocycles. The van der Waals surface area contributed by atoms with Crippen molar-refractivity contribution in [2.45, 2.75) is 26.7 Å². The van der Waals surface area contributed by atoms with Crippen molar-refractivity contribution >= 4 is 21.6 Å². The molecule has 0 unspecified atom stereocenters. The summed E-state index contributed by atoms with van der Waals surface area (Å²) in [5, 5.41) is 2.70. The number of benzene rings is 2. The molecular formula is C21H28N2O4S. The van der Waals surface area contributed by atoms with Crippen molar-refractivity contribution in [3.63, 3.8) is 0 Å². The van der Waals surface area contributed by atoms with Crippen LogP contribution in [-0.4, -0.2) is 40.3 Å². The number of carbonyl (C=O) groups is 1. The molecule has 0 saturated carbocycles. The summed E-state index contributed by atoms with van der Waals surface area (Å²) in [5.74, 6) is 0.726. The maximum absolute atomic E-state index is 12.3. The Hall–Kier alpha value is -2.54. The molecule has 0 spiro atoms. The second-order valence-corrected chi connectivity index (χ2v) is 8.89. The van der Waals surface area contributed by atoms with Crippen molar-refractivity contribution in [2.24, 2.45) is 0 Å².